The number of hydrogen-bond acceptors (Lipinski definition) is 4. The molecule has 7 nitrogen and oxygen atoms in total. The van der Waals surface area contributed by atoms with Crippen molar-refractivity contribution in [3.63, 3.8) is 0 Å². The molecule has 0 fully saturated rings. The van der Waals surface area contributed by atoms with Crippen LogP contribution < -0.4 is 10.6 Å². The minimum atomic E-state index is -0.441. The lowest BCUT2D eigenvalue weighted by molar-refractivity contribution is -0.110. The number of fused-ring (bicyclic) bond motifs is 1. The Kier molecular flexibility index (Phi) is 6.69. The van der Waals surface area contributed by atoms with Crippen LogP contribution >= 0.6 is 0 Å². The second kappa shape index (κ2) is 9.23. The number of aliphatic hydroxyl groups excluding tert-OH is 1. The van der Waals surface area contributed by atoms with Crippen molar-refractivity contribution in [2.75, 3.05) is 31.5 Å². The van der Waals surface area contributed by atoms with Crippen LogP contribution in [0, 0.1) is 12.7 Å². The SMILES string of the molecule is CCN(CC)CCNC(=O)c1c(CO)[nH]c(/C=C2\C(=O)Nc3ccc(F)cc32)c1C. The van der Waals surface area contributed by atoms with E-state index in [1.807, 2.05) is 0 Å². The molecule has 0 saturated heterocycles. The Morgan fingerprint density at radius 3 is 2.70 bits per heavy atom. The number of likely N-dealkylation sites (N-methyl/N-ethyl adjacent to an activating group) is 1. The highest BCUT2D eigenvalue weighted by Gasteiger charge is 2.26. The number of carbonyl (C=O) groups excluding carboxylic acids is 2. The Balaban J connectivity index is 1.88. The van der Waals surface area contributed by atoms with Gasteiger partial charge in [-0.15, -0.1) is 0 Å². The number of aliphatic hydroxyl groups is 1. The summed E-state index contributed by atoms with van der Waals surface area (Å²) in [5.74, 6) is -1.07. The number of benzene rings is 1. The fourth-order valence-corrected chi connectivity index (χ4v) is 3.65. The van der Waals surface area contributed by atoms with E-state index in [9.17, 15) is 19.1 Å². The van der Waals surface area contributed by atoms with Crippen LogP contribution in [0.3, 0.4) is 0 Å². The molecule has 0 bridgehead atoms. The van der Waals surface area contributed by atoms with Gasteiger partial charge in [0, 0.05) is 30.0 Å². The lowest BCUT2D eigenvalue weighted by Gasteiger charge is -2.18. The maximum atomic E-state index is 13.7. The predicted molar refractivity (Wildman–Crippen MR) is 114 cm³/mol. The van der Waals surface area contributed by atoms with E-state index in [0.29, 0.717) is 45.9 Å². The third-order valence-electron chi connectivity index (χ3n) is 5.41. The summed E-state index contributed by atoms with van der Waals surface area (Å²) in [6, 6.07) is 4.09. The minimum Gasteiger partial charge on any atom is -0.390 e. The number of nitrogens with zero attached hydrogens (tertiary/aromatic N) is 1. The van der Waals surface area contributed by atoms with Crippen LogP contribution in [-0.2, 0) is 11.4 Å². The van der Waals surface area contributed by atoms with Crippen LogP contribution in [0.4, 0.5) is 10.1 Å². The van der Waals surface area contributed by atoms with E-state index in [1.54, 1.807) is 13.0 Å². The summed E-state index contributed by atoms with van der Waals surface area (Å²) in [5, 5.41) is 15.3. The Morgan fingerprint density at radius 1 is 1.30 bits per heavy atom. The second-order valence-corrected chi connectivity index (χ2v) is 7.16. The smallest absolute Gasteiger partial charge is 0.256 e. The fourth-order valence-electron chi connectivity index (χ4n) is 3.65. The first-order chi connectivity index (χ1) is 14.4. The zero-order valence-corrected chi connectivity index (χ0v) is 17.4. The standard InChI is InChI=1S/C22H27FN4O3/c1-4-27(5-2)9-8-24-22(30)20-13(3)18(25-19(20)12-28)11-16-15-10-14(23)6-7-17(15)26-21(16)29/h6-7,10-11,25,28H,4-5,8-9,12H2,1-3H3,(H,24,30)(H,26,29)/b16-11-. The molecule has 1 aliphatic heterocycles. The Hall–Kier alpha value is -2.97. The van der Waals surface area contributed by atoms with Crippen molar-refractivity contribution in [1.29, 1.82) is 0 Å². The molecule has 2 amide bonds. The zero-order valence-electron chi connectivity index (χ0n) is 17.4. The van der Waals surface area contributed by atoms with Crippen molar-refractivity contribution >= 4 is 29.2 Å². The summed E-state index contributed by atoms with van der Waals surface area (Å²) in [5.41, 5.74) is 3.17. The Morgan fingerprint density at radius 2 is 2.03 bits per heavy atom. The molecule has 3 rings (SSSR count). The van der Waals surface area contributed by atoms with Gasteiger partial charge in [0.25, 0.3) is 11.8 Å². The van der Waals surface area contributed by atoms with E-state index >= 15 is 0 Å². The van der Waals surface area contributed by atoms with Gasteiger partial charge in [0.2, 0.25) is 0 Å². The summed E-state index contributed by atoms with van der Waals surface area (Å²) in [7, 11) is 0. The van der Waals surface area contributed by atoms with Gasteiger partial charge in [-0.05, 0) is 49.9 Å². The third kappa shape index (κ3) is 4.29. The molecule has 0 aliphatic carbocycles. The van der Waals surface area contributed by atoms with Gasteiger partial charge in [-0.3, -0.25) is 9.59 Å². The number of aromatic nitrogens is 1. The van der Waals surface area contributed by atoms with E-state index in [4.69, 9.17) is 0 Å². The summed E-state index contributed by atoms with van der Waals surface area (Å²) < 4.78 is 13.7. The quantitative estimate of drug-likeness (QED) is 0.499. The first-order valence-corrected chi connectivity index (χ1v) is 10.0. The van der Waals surface area contributed by atoms with Gasteiger partial charge in [0.15, 0.2) is 0 Å². The molecule has 1 aromatic heterocycles. The van der Waals surface area contributed by atoms with Gasteiger partial charge in [0.1, 0.15) is 5.82 Å². The molecule has 0 unspecified atom stereocenters. The first-order valence-electron chi connectivity index (χ1n) is 10.0. The summed E-state index contributed by atoms with van der Waals surface area (Å²) in [4.78, 5) is 30.3. The predicted octanol–water partition coefficient (Wildman–Crippen LogP) is 2.52. The fraction of sp³-hybridized carbons (Fsp3) is 0.364. The molecular weight excluding hydrogens is 387 g/mol. The summed E-state index contributed by atoms with van der Waals surface area (Å²) >= 11 is 0. The molecule has 30 heavy (non-hydrogen) atoms. The number of amides is 2. The van der Waals surface area contributed by atoms with Crippen molar-refractivity contribution in [3.8, 4) is 0 Å². The first kappa shape index (κ1) is 21.7. The van der Waals surface area contributed by atoms with Crippen LogP contribution in [0.2, 0.25) is 0 Å². The summed E-state index contributed by atoms with van der Waals surface area (Å²) in [6.07, 6.45) is 1.59. The number of hydrogen-bond donors (Lipinski definition) is 4. The molecule has 1 aliphatic rings. The highest BCUT2D eigenvalue weighted by atomic mass is 19.1. The highest BCUT2D eigenvalue weighted by Crippen LogP contribution is 2.34. The van der Waals surface area contributed by atoms with Gasteiger partial charge in [-0.2, -0.15) is 0 Å². The summed E-state index contributed by atoms with van der Waals surface area (Å²) in [6.45, 7) is 8.56. The molecule has 0 spiro atoms. The van der Waals surface area contributed by atoms with E-state index in [2.05, 4.69) is 34.4 Å². The molecule has 4 N–H and O–H groups in total. The van der Waals surface area contributed by atoms with Crippen LogP contribution in [0.1, 0.15) is 46.7 Å². The van der Waals surface area contributed by atoms with Gasteiger partial charge in [-0.25, -0.2) is 4.39 Å². The average molecular weight is 414 g/mol. The lowest BCUT2D eigenvalue weighted by Crippen LogP contribution is -2.35. The Labute approximate surface area is 175 Å². The topological polar surface area (TPSA) is 97.5 Å². The molecular formula is C22H27FN4O3. The van der Waals surface area contributed by atoms with Crippen LogP contribution in [0.5, 0.6) is 0 Å². The van der Waals surface area contributed by atoms with Crippen molar-refractivity contribution < 1.29 is 19.1 Å². The molecule has 1 aromatic carbocycles. The Bertz CT molecular complexity index is 993. The van der Waals surface area contributed by atoms with Gasteiger partial charge in [0.05, 0.1) is 23.4 Å². The van der Waals surface area contributed by atoms with Crippen molar-refractivity contribution in [2.45, 2.75) is 27.4 Å². The largest absolute Gasteiger partial charge is 0.390 e. The molecule has 0 saturated carbocycles. The average Bonchev–Trinajstić information content (AvgIpc) is 3.21. The molecule has 2 aromatic rings. The zero-order chi connectivity index (χ0) is 21.8. The van der Waals surface area contributed by atoms with Crippen LogP contribution in [0.25, 0.3) is 11.6 Å². The van der Waals surface area contributed by atoms with Crippen LogP contribution in [-0.4, -0.2) is 53.0 Å². The van der Waals surface area contributed by atoms with Crippen molar-refractivity contribution in [3.05, 3.63) is 52.1 Å². The molecule has 0 atom stereocenters. The van der Waals surface area contributed by atoms with Gasteiger partial charge in [-0.1, -0.05) is 13.8 Å². The number of anilines is 1. The molecule has 160 valence electrons. The molecule has 0 radical (unpaired) electrons. The van der Waals surface area contributed by atoms with Gasteiger partial charge < -0.3 is 25.6 Å². The normalized spacial score (nSPS) is 14.3. The number of halogens is 1. The number of carbonyl (C=O) groups is 2. The van der Waals surface area contributed by atoms with E-state index in [1.165, 1.54) is 18.2 Å². The molecule has 8 heteroatoms. The number of nitrogens with one attached hydrogen (secondary N) is 3. The van der Waals surface area contributed by atoms with E-state index in [-0.39, 0.29) is 18.4 Å². The number of H-pyrrole nitrogens is 1. The van der Waals surface area contributed by atoms with Crippen molar-refractivity contribution in [1.82, 2.24) is 15.2 Å². The van der Waals surface area contributed by atoms with Gasteiger partial charge >= 0.3 is 0 Å². The second-order valence-electron chi connectivity index (χ2n) is 7.16. The third-order valence-corrected chi connectivity index (χ3v) is 5.41. The maximum absolute atomic E-state index is 13.7. The van der Waals surface area contributed by atoms with Crippen molar-refractivity contribution in [2.24, 2.45) is 0 Å². The van der Waals surface area contributed by atoms with E-state index < -0.39 is 5.82 Å². The lowest BCUT2D eigenvalue weighted by atomic mass is 10.0. The highest BCUT2D eigenvalue weighted by molar-refractivity contribution is 6.34. The van der Waals surface area contributed by atoms with Crippen LogP contribution in [0.15, 0.2) is 18.2 Å². The van der Waals surface area contributed by atoms with E-state index in [0.717, 1.165) is 19.6 Å². The number of aromatic amines is 1. The molecule has 2 heterocycles. The minimum absolute atomic E-state index is 0.285. The number of rotatable bonds is 8. The maximum Gasteiger partial charge on any atom is 0.256 e. The monoisotopic (exact) mass is 414 g/mol.